The molecule has 0 aromatic carbocycles. The molecule has 1 N–H and O–H groups in total. The van der Waals surface area contributed by atoms with Crippen molar-refractivity contribution in [3.8, 4) is 11.5 Å². The van der Waals surface area contributed by atoms with Gasteiger partial charge in [-0.3, -0.25) is 4.98 Å². The van der Waals surface area contributed by atoms with Crippen LogP contribution >= 0.6 is 0 Å². The minimum atomic E-state index is 0.696. The van der Waals surface area contributed by atoms with Crippen molar-refractivity contribution >= 4 is 5.82 Å². The number of hydrogen-bond donors (Lipinski definition) is 1. The Kier molecular flexibility index (Phi) is 4.44. The van der Waals surface area contributed by atoms with Crippen LogP contribution in [0.15, 0.2) is 24.4 Å². The Labute approximate surface area is 114 Å². The van der Waals surface area contributed by atoms with Crippen LogP contribution in [0.2, 0.25) is 0 Å². The Balaban J connectivity index is 2.40. The van der Waals surface area contributed by atoms with Gasteiger partial charge in [-0.15, -0.1) is 0 Å². The van der Waals surface area contributed by atoms with Gasteiger partial charge in [0.15, 0.2) is 5.82 Å². The standard InChI is InChI=1S/C15H20N4/c1-4-6-12-9-14(16-5-2)19-15(18-12)13-8-7-11(3)10-17-13/h7-10H,4-6H2,1-3H3,(H,16,18,19). The van der Waals surface area contributed by atoms with E-state index in [-0.39, 0.29) is 0 Å². The summed E-state index contributed by atoms with van der Waals surface area (Å²) in [7, 11) is 0. The molecule has 0 radical (unpaired) electrons. The van der Waals surface area contributed by atoms with Crippen LogP contribution < -0.4 is 5.32 Å². The molecule has 2 rings (SSSR count). The Hall–Kier alpha value is -1.97. The number of hydrogen-bond acceptors (Lipinski definition) is 4. The van der Waals surface area contributed by atoms with Gasteiger partial charge < -0.3 is 5.32 Å². The fourth-order valence-corrected chi connectivity index (χ4v) is 1.87. The third kappa shape index (κ3) is 3.50. The second-order valence-corrected chi connectivity index (χ2v) is 4.57. The van der Waals surface area contributed by atoms with Gasteiger partial charge in [0, 0.05) is 24.5 Å². The minimum absolute atomic E-state index is 0.696. The van der Waals surface area contributed by atoms with Crippen LogP contribution in [0.5, 0.6) is 0 Å². The highest BCUT2D eigenvalue weighted by molar-refractivity contribution is 5.53. The molecule has 100 valence electrons. The first-order chi connectivity index (χ1) is 9.22. The van der Waals surface area contributed by atoms with Crippen LogP contribution in [0.1, 0.15) is 31.5 Å². The molecule has 0 aliphatic heterocycles. The summed E-state index contributed by atoms with van der Waals surface area (Å²) in [5, 5.41) is 3.25. The Morgan fingerprint density at radius 3 is 2.63 bits per heavy atom. The van der Waals surface area contributed by atoms with E-state index in [1.807, 2.05) is 31.3 Å². The molecular weight excluding hydrogens is 236 g/mol. The summed E-state index contributed by atoms with van der Waals surface area (Å²) in [6.07, 6.45) is 3.88. The quantitative estimate of drug-likeness (QED) is 0.892. The topological polar surface area (TPSA) is 50.7 Å². The van der Waals surface area contributed by atoms with Crippen LogP contribution in [-0.2, 0) is 6.42 Å². The molecule has 2 heterocycles. The molecule has 19 heavy (non-hydrogen) atoms. The predicted octanol–water partition coefficient (Wildman–Crippen LogP) is 3.23. The highest BCUT2D eigenvalue weighted by Crippen LogP contribution is 2.17. The average Bonchev–Trinajstić information content (AvgIpc) is 2.40. The van der Waals surface area contributed by atoms with Gasteiger partial charge in [0.05, 0.1) is 0 Å². The summed E-state index contributed by atoms with van der Waals surface area (Å²) in [5.74, 6) is 1.57. The highest BCUT2D eigenvalue weighted by Gasteiger charge is 2.07. The molecule has 0 spiro atoms. The second-order valence-electron chi connectivity index (χ2n) is 4.57. The van der Waals surface area contributed by atoms with Gasteiger partial charge in [0.2, 0.25) is 0 Å². The lowest BCUT2D eigenvalue weighted by atomic mass is 10.2. The minimum Gasteiger partial charge on any atom is -0.370 e. The SMILES string of the molecule is CCCc1cc(NCC)nc(-c2ccc(C)cn2)n1. The fraction of sp³-hybridized carbons (Fsp3) is 0.400. The summed E-state index contributed by atoms with van der Waals surface area (Å²) in [4.78, 5) is 13.5. The predicted molar refractivity (Wildman–Crippen MR) is 78.2 cm³/mol. The number of rotatable bonds is 5. The van der Waals surface area contributed by atoms with Crippen molar-refractivity contribution < 1.29 is 0 Å². The van der Waals surface area contributed by atoms with Gasteiger partial charge in [-0.2, -0.15) is 0 Å². The van der Waals surface area contributed by atoms with Crippen molar-refractivity contribution in [2.45, 2.75) is 33.6 Å². The fourth-order valence-electron chi connectivity index (χ4n) is 1.87. The Morgan fingerprint density at radius 2 is 2.00 bits per heavy atom. The van der Waals surface area contributed by atoms with Crippen molar-refractivity contribution in [3.05, 3.63) is 35.7 Å². The number of pyridine rings is 1. The molecule has 0 amide bonds. The van der Waals surface area contributed by atoms with Crippen molar-refractivity contribution in [1.82, 2.24) is 15.0 Å². The second kappa shape index (κ2) is 6.27. The largest absolute Gasteiger partial charge is 0.370 e. The molecule has 0 aliphatic rings. The summed E-state index contributed by atoms with van der Waals surface area (Å²) >= 11 is 0. The third-order valence-corrected chi connectivity index (χ3v) is 2.78. The van der Waals surface area contributed by atoms with Crippen molar-refractivity contribution in [3.63, 3.8) is 0 Å². The zero-order chi connectivity index (χ0) is 13.7. The molecule has 0 aliphatic carbocycles. The number of aryl methyl sites for hydroxylation is 2. The lowest BCUT2D eigenvalue weighted by molar-refractivity contribution is 0.873. The first-order valence-corrected chi connectivity index (χ1v) is 6.77. The Morgan fingerprint density at radius 1 is 1.16 bits per heavy atom. The van der Waals surface area contributed by atoms with Crippen molar-refractivity contribution in [2.24, 2.45) is 0 Å². The van der Waals surface area contributed by atoms with Crippen molar-refractivity contribution in [1.29, 1.82) is 0 Å². The molecule has 4 heteroatoms. The van der Waals surface area contributed by atoms with Crippen LogP contribution in [0, 0.1) is 6.92 Å². The average molecular weight is 256 g/mol. The summed E-state index contributed by atoms with van der Waals surface area (Å²) < 4.78 is 0. The van der Waals surface area contributed by atoms with E-state index in [1.165, 1.54) is 0 Å². The third-order valence-electron chi connectivity index (χ3n) is 2.78. The molecule has 0 atom stereocenters. The van der Waals surface area contributed by atoms with E-state index in [0.29, 0.717) is 5.82 Å². The van der Waals surface area contributed by atoms with Gasteiger partial charge in [-0.05, 0) is 31.9 Å². The highest BCUT2D eigenvalue weighted by atomic mass is 15.0. The van der Waals surface area contributed by atoms with Crippen LogP contribution in [0.25, 0.3) is 11.5 Å². The lowest BCUT2D eigenvalue weighted by Gasteiger charge is -2.08. The number of nitrogens with zero attached hydrogens (tertiary/aromatic N) is 3. The first-order valence-electron chi connectivity index (χ1n) is 6.77. The zero-order valence-electron chi connectivity index (χ0n) is 11.8. The van der Waals surface area contributed by atoms with E-state index >= 15 is 0 Å². The van der Waals surface area contributed by atoms with E-state index in [2.05, 4.69) is 34.1 Å². The first kappa shape index (κ1) is 13.5. The number of nitrogens with one attached hydrogen (secondary N) is 1. The molecule has 0 saturated carbocycles. The molecular formula is C15H20N4. The number of aromatic nitrogens is 3. The van der Waals surface area contributed by atoms with Crippen LogP contribution in [0.4, 0.5) is 5.82 Å². The van der Waals surface area contributed by atoms with E-state index in [1.54, 1.807) is 0 Å². The summed E-state index contributed by atoms with van der Waals surface area (Å²) in [6.45, 7) is 7.09. The van der Waals surface area contributed by atoms with Crippen LogP contribution in [-0.4, -0.2) is 21.5 Å². The summed E-state index contributed by atoms with van der Waals surface area (Å²) in [5.41, 5.74) is 3.02. The van der Waals surface area contributed by atoms with Gasteiger partial charge >= 0.3 is 0 Å². The molecule has 0 saturated heterocycles. The molecule has 2 aromatic rings. The molecule has 0 fully saturated rings. The number of anilines is 1. The van der Waals surface area contributed by atoms with Crippen LogP contribution in [0.3, 0.4) is 0 Å². The molecule has 4 nitrogen and oxygen atoms in total. The zero-order valence-corrected chi connectivity index (χ0v) is 11.8. The van der Waals surface area contributed by atoms with E-state index < -0.39 is 0 Å². The monoisotopic (exact) mass is 256 g/mol. The van der Waals surface area contributed by atoms with E-state index in [9.17, 15) is 0 Å². The van der Waals surface area contributed by atoms with Crippen molar-refractivity contribution in [2.75, 3.05) is 11.9 Å². The maximum absolute atomic E-state index is 4.59. The summed E-state index contributed by atoms with van der Waals surface area (Å²) in [6, 6.07) is 6.02. The lowest BCUT2D eigenvalue weighted by Crippen LogP contribution is -2.04. The van der Waals surface area contributed by atoms with Gasteiger partial charge in [-0.1, -0.05) is 19.4 Å². The smallest absolute Gasteiger partial charge is 0.180 e. The maximum atomic E-state index is 4.59. The van der Waals surface area contributed by atoms with E-state index in [0.717, 1.165) is 42.2 Å². The Bertz CT molecular complexity index is 510. The molecule has 0 unspecified atom stereocenters. The van der Waals surface area contributed by atoms with Gasteiger partial charge in [0.25, 0.3) is 0 Å². The van der Waals surface area contributed by atoms with E-state index in [4.69, 9.17) is 0 Å². The molecule has 0 bridgehead atoms. The molecule has 2 aromatic heterocycles. The normalized spacial score (nSPS) is 10.5. The maximum Gasteiger partial charge on any atom is 0.180 e. The van der Waals surface area contributed by atoms with Gasteiger partial charge in [-0.25, -0.2) is 9.97 Å². The van der Waals surface area contributed by atoms with Gasteiger partial charge in [0.1, 0.15) is 11.5 Å².